The molecule has 3 rings (SSSR count). The van der Waals surface area contributed by atoms with E-state index in [-0.39, 0.29) is 0 Å². The van der Waals surface area contributed by atoms with E-state index in [1.807, 2.05) is 0 Å². The summed E-state index contributed by atoms with van der Waals surface area (Å²) in [5.74, 6) is 4.49. The van der Waals surface area contributed by atoms with Crippen molar-refractivity contribution in [2.75, 3.05) is 7.05 Å². The molecule has 3 fully saturated rings. The summed E-state index contributed by atoms with van der Waals surface area (Å²) in [5.41, 5.74) is 0. The fourth-order valence-corrected chi connectivity index (χ4v) is 5.45. The number of hydrogen-bond acceptors (Lipinski definition) is 2. The molecule has 1 N–H and O–H groups in total. The van der Waals surface area contributed by atoms with Gasteiger partial charge >= 0.3 is 0 Å². The first-order valence-corrected chi connectivity index (χ1v) is 8.42. The molecule has 8 atom stereocenters. The maximum atomic E-state index is 6.06. The molecule has 0 amide bonds. The van der Waals surface area contributed by atoms with Gasteiger partial charge < -0.3 is 10.1 Å². The molecule has 2 heteroatoms. The Morgan fingerprint density at radius 3 is 2.37 bits per heavy atom. The lowest BCUT2D eigenvalue weighted by atomic mass is 9.76. The molecule has 2 bridgehead atoms. The standard InChI is InChI=1S/C17H31NO/c1-10-11(2)19-12(3)17(10)16(18-4)9-15-8-13-5-6-14(15)7-13/h10-18H,5-9H2,1-4H3. The zero-order chi connectivity index (χ0) is 13.6. The quantitative estimate of drug-likeness (QED) is 0.840. The zero-order valence-corrected chi connectivity index (χ0v) is 13.1. The summed E-state index contributed by atoms with van der Waals surface area (Å²) in [6.07, 6.45) is 8.29. The van der Waals surface area contributed by atoms with Crippen molar-refractivity contribution in [3.8, 4) is 0 Å². The normalized spacial score (nSPS) is 50.8. The lowest BCUT2D eigenvalue weighted by molar-refractivity contribution is 0.0462. The van der Waals surface area contributed by atoms with E-state index in [1.165, 1.54) is 32.1 Å². The topological polar surface area (TPSA) is 21.3 Å². The second kappa shape index (κ2) is 5.37. The summed E-state index contributed by atoms with van der Waals surface area (Å²) in [5, 5.41) is 3.63. The number of ether oxygens (including phenoxy) is 1. The van der Waals surface area contributed by atoms with Crippen molar-refractivity contribution in [2.45, 2.75) is 71.1 Å². The minimum Gasteiger partial charge on any atom is -0.375 e. The highest BCUT2D eigenvalue weighted by atomic mass is 16.5. The van der Waals surface area contributed by atoms with Crippen LogP contribution in [0.25, 0.3) is 0 Å². The highest BCUT2D eigenvalue weighted by molar-refractivity contribution is 4.96. The van der Waals surface area contributed by atoms with Gasteiger partial charge in [-0.3, -0.25) is 0 Å². The van der Waals surface area contributed by atoms with E-state index in [0.29, 0.717) is 30.1 Å². The Morgan fingerprint density at radius 2 is 1.89 bits per heavy atom. The van der Waals surface area contributed by atoms with Crippen LogP contribution in [-0.4, -0.2) is 25.3 Å². The van der Waals surface area contributed by atoms with Crippen LogP contribution in [0.1, 0.15) is 52.9 Å². The summed E-state index contributed by atoms with van der Waals surface area (Å²) in [4.78, 5) is 0. The molecular weight excluding hydrogens is 234 g/mol. The molecule has 0 aromatic carbocycles. The van der Waals surface area contributed by atoms with E-state index in [4.69, 9.17) is 4.74 Å². The van der Waals surface area contributed by atoms with Crippen molar-refractivity contribution < 1.29 is 4.74 Å². The molecule has 8 unspecified atom stereocenters. The molecule has 2 nitrogen and oxygen atoms in total. The van der Waals surface area contributed by atoms with Crippen molar-refractivity contribution in [3.63, 3.8) is 0 Å². The third-order valence-electron chi connectivity index (χ3n) is 6.60. The fourth-order valence-electron chi connectivity index (χ4n) is 5.45. The second-order valence-electron chi connectivity index (χ2n) is 7.55. The van der Waals surface area contributed by atoms with Gasteiger partial charge in [0.1, 0.15) is 0 Å². The summed E-state index contributed by atoms with van der Waals surface area (Å²) in [6, 6.07) is 0.652. The average molecular weight is 265 g/mol. The van der Waals surface area contributed by atoms with E-state index in [2.05, 4.69) is 33.1 Å². The molecule has 19 heavy (non-hydrogen) atoms. The summed E-state index contributed by atoms with van der Waals surface area (Å²) in [6.45, 7) is 6.89. The summed E-state index contributed by atoms with van der Waals surface area (Å²) >= 11 is 0. The Morgan fingerprint density at radius 1 is 1.11 bits per heavy atom. The first kappa shape index (κ1) is 13.9. The lowest BCUT2D eigenvalue weighted by Gasteiger charge is -2.33. The van der Waals surface area contributed by atoms with Crippen molar-refractivity contribution in [3.05, 3.63) is 0 Å². The van der Waals surface area contributed by atoms with E-state index < -0.39 is 0 Å². The molecule has 2 aliphatic carbocycles. The van der Waals surface area contributed by atoms with Crippen LogP contribution in [0.5, 0.6) is 0 Å². The molecule has 0 aromatic heterocycles. The van der Waals surface area contributed by atoms with Crippen molar-refractivity contribution in [1.82, 2.24) is 5.32 Å². The molecule has 2 saturated carbocycles. The molecular formula is C17H31NO. The van der Waals surface area contributed by atoms with Gasteiger partial charge in [0.25, 0.3) is 0 Å². The highest BCUT2D eigenvalue weighted by Crippen LogP contribution is 2.51. The van der Waals surface area contributed by atoms with E-state index in [9.17, 15) is 0 Å². The van der Waals surface area contributed by atoms with Crippen LogP contribution in [-0.2, 0) is 4.74 Å². The van der Waals surface area contributed by atoms with Crippen molar-refractivity contribution >= 4 is 0 Å². The van der Waals surface area contributed by atoms with Crippen LogP contribution < -0.4 is 5.32 Å². The number of hydrogen-bond donors (Lipinski definition) is 1. The minimum atomic E-state index is 0.418. The van der Waals surface area contributed by atoms with Crippen molar-refractivity contribution in [2.24, 2.45) is 29.6 Å². The second-order valence-corrected chi connectivity index (χ2v) is 7.55. The van der Waals surface area contributed by atoms with E-state index in [0.717, 1.165) is 17.8 Å². The Bertz CT molecular complexity index is 318. The average Bonchev–Trinajstić information content (AvgIpc) is 3.04. The zero-order valence-electron chi connectivity index (χ0n) is 13.1. The predicted molar refractivity (Wildman–Crippen MR) is 79.1 cm³/mol. The minimum absolute atomic E-state index is 0.418. The summed E-state index contributed by atoms with van der Waals surface area (Å²) < 4.78 is 6.06. The maximum absolute atomic E-state index is 6.06. The van der Waals surface area contributed by atoms with E-state index >= 15 is 0 Å². The van der Waals surface area contributed by atoms with Crippen LogP contribution in [0.3, 0.4) is 0 Å². The fraction of sp³-hybridized carbons (Fsp3) is 1.00. The molecule has 110 valence electrons. The van der Waals surface area contributed by atoms with Crippen LogP contribution >= 0.6 is 0 Å². The molecule has 0 radical (unpaired) electrons. The molecule has 3 aliphatic rings. The smallest absolute Gasteiger partial charge is 0.0597 e. The van der Waals surface area contributed by atoms with E-state index in [1.54, 1.807) is 0 Å². The molecule has 0 aromatic rings. The molecule has 1 heterocycles. The largest absolute Gasteiger partial charge is 0.375 e. The van der Waals surface area contributed by atoms with Gasteiger partial charge in [-0.15, -0.1) is 0 Å². The molecule has 1 saturated heterocycles. The lowest BCUT2D eigenvalue weighted by Crippen LogP contribution is -2.42. The van der Waals surface area contributed by atoms with Crippen LogP contribution in [0.15, 0.2) is 0 Å². The first-order chi connectivity index (χ1) is 9.10. The Hall–Kier alpha value is -0.0800. The Kier molecular flexibility index (Phi) is 3.92. The van der Waals surface area contributed by atoms with Crippen LogP contribution in [0.4, 0.5) is 0 Å². The predicted octanol–water partition coefficient (Wildman–Crippen LogP) is 3.46. The number of fused-ring (bicyclic) bond motifs is 2. The monoisotopic (exact) mass is 265 g/mol. The van der Waals surface area contributed by atoms with Gasteiger partial charge in [0.05, 0.1) is 12.2 Å². The number of rotatable bonds is 4. The SMILES string of the molecule is CNC(CC1CC2CCC1C2)C1C(C)OC(C)C1C. The maximum Gasteiger partial charge on any atom is 0.0597 e. The van der Waals surface area contributed by atoms with Gasteiger partial charge in [-0.25, -0.2) is 0 Å². The highest BCUT2D eigenvalue weighted by Gasteiger charge is 2.45. The van der Waals surface area contributed by atoms with Crippen LogP contribution in [0, 0.1) is 29.6 Å². The Balaban J connectivity index is 1.64. The van der Waals surface area contributed by atoms with Gasteiger partial charge in [0, 0.05) is 12.0 Å². The molecule has 0 spiro atoms. The van der Waals surface area contributed by atoms with Gasteiger partial charge in [0.2, 0.25) is 0 Å². The van der Waals surface area contributed by atoms with Crippen molar-refractivity contribution in [1.29, 1.82) is 0 Å². The van der Waals surface area contributed by atoms with Crippen LogP contribution in [0.2, 0.25) is 0 Å². The first-order valence-electron chi connectivity index (χ1n) is 8.42. The summed E-state index contributed by atoms with van der Waals surface area (Å²) in [7, 11) is 2.15. The van der Waals surface area contributed by atoms with Gasteiger partial charge in [0.15, 0.2) is 0 Å². The van der Waals surface area contributed by atoms with Gasteiger partial charge in [-0.05, 0) is 70.3 Å². The Labute approximate surface area is 118 Å². The third kappa shape index (κ3) is 2.47. The number of nitrogens with one attached hydrogen (secondary N) is 1. The van der Waals surface area contributed by atoms with Gasteiger partial charge in [-0.1, -0.05) is 13.3 Å². The van der Waals surface area contributed by atoms with Gasteiger partial charge in [-0.2, -0.15) is 0 Å². The third-order valence-corrected chi connectivity index (χ3v) is 6.60. The molecule has 1 aliphatic heterocycles.